The summed E-state index contributed by atoms with van der Waals surface area (Å²) in [6.07, 6.45) is 6.07. The molecule has 0 aliphatic heterocycles. The third kappa shape index (κ3) is 6.74. The predicted molar refractivity (Wildman–Crippen MR) is 82.8 cm³/mol. The quantitative estimate of drug-likeness (QED) is 0.371. The largest absolute Gasteiger partial charge is 0.370 e. The van der Waals surface area contributed by atoms with Gasteiger partial charge in [-0.3, -0.25) is 14.8 Å². The van der Waals surface area contributed by atoms with E-state index in [1.54, 1.807) is 6.20 Å². The van der Waals surface area contributed by atoms with Crippen LogP contribution < -0.4 is 16.4 Å². The Morgan fingerprint density at radius 2 is 2.29 bits per heavy atom. The average Bonchev–Trinajstić information content (AvgIpc) is 3.29. The standard InChI is InChI=1S/C15H23N5O/c16-15(19-11-8-12-4-1-2-9-17-12)18-10-3-5-14(21)20-13-6-7-13/h1-2,4,9,13H,3,5-8,10-11H2,(H,20,21)(H3,16,18,19). The zero-order valence-corrected chi connectivity index (χ0v) is 12.2. The van der Waals surface area contributed by atoms with Crippen LogP contribution in [0.25, 0.3) is 0 Å². The summed E-state index contributed by atoms with van der Waals surface area (Å²) < 4.78 is 0. The van der Waals surface area contributed by atoms with Gasteiger partial charge < -0.3 is 16.4 Å². The number of nitrogens with one attached hydrogen (secondary N) is 2. The van der Waals surface area contributed by atoms with Gasteiger partial charge in [0.1, 0.15) is 0 Å². The lowest BCUT2D eigenvalue weighted by Gasteiger charge is -2.05. The summed E-state index contributed by atoms with van der Waals surface area (Å²) in [4.78, 5) is 19.9. The number of nitrogens with zero attached hydrogens (tertiary/aromatic N) is 2. The van der Waals surface area contributed by atoms with Crippen molar-refractivity contribution in [2.24, 2.45) is 10.7 Å². The van der Waals surface area contributed by atoms with Crippen molar-refractivity contribution in [1.29, 1.82) is 0 Å². The Bertz CT molecular complexity index is 470. The molecule has 0 atom stereocenters. The average molecular weight is 289 g/mol. The van der Waals surface area contributed by atoms with E-state index in [1.165, 1.54) is 0 Å². The number of aromatic nitrogens is 1. The van der Waals surface area contributed by atoms with Crippen LogP contribution in [0.5, 0.6) is 0 Å². The number of aliphatic imine (C=N–C) groups is 1. The monoisotopic (exact) mass is 289 g/mol. The summed E-state index contributed by atoms with van der Waals surface area (Å²) in [5, 5.41) is 6.00. The van der Waals surface area contributed by atoms with E-state index in [1.807, 2.05) is 18.2 Å². The lowest BCUT2D eigenvalue weighted by atomic mass is 10.3. The molecule has 1 aromatic rings. The van der Waals surface area contributed by atoms with Crippen LogP contribution in [0.1, 0.15) is 31.4 Å². The third-order valence-corrected chi connectivity index (χ3v) is 3.20. The highest BCUT2D eigenvalue weighted by Gasteiger charge is 2.22. The van der Waals surface area contributed by atoms with Crippen molar-refractivity contribution < 1.29 is 4.79 Å². The summed E-state index contributed by atoms with van der Waals surface area (Å²) in [6, 6.07) is 6.27. The van der Waals surface area contributed by atoms with Gasteiger partial charge in [-0.05, 0) is 31.4 Å². The molecule has 1 saturated carbocycles. The van der Waals surface area contributed by atoms with Gasteiger partial charge >= 0.3 is 0 Å². The smallest absolute Gasteiger partial charge is 0.220 e. The Morgan fingerprint density at radius 3 is 3.00 bits per heavy atom. The molecule has 6 nitrogen and oxygen atoms in total. The number of pyridine rings is 1. The van der Waals surface area contributed by atoms with Crippen LogP contribution in [0.2, 0.25) is 0 Å². The highest BCUT2D eigenvalue weighted by molar-refractivity contribution is 5.78. The lowest BCUT2D eigenvalue weighted by molar-refractivity contribution is -0.121. The number of hydrogen-bond donors (Lipinski definition) is 3. The van der Waals surface area contributed by atoms with Gasteiger partial charge in [-0.1, -0.05) is 6.07 Å². The lowest BCUT2D eigenvalue weighted by Crippen LogP contribution is -2.33. The van der Waals surface area contributed by atoms with E-state index in [9.17, 15) is 4.79 Å². The van der Waals surface area contributed by atoms with Gasteiger partial charge in [-0.25, -0.2) is 0 Å². The Labute approximate surface area is 125 Å². The van der Waals surface area contributed by atoms with Gasteiger partial charge in [0.15, 0.2) is 5.96 Å². The molecule has 1 heterocycles. The normalized spacial score (nSPS) is 14.8. The molecule has 0 bridgehead atoms. The number of carbonyl (C=O) groups excluding carboxylic acids is 1. The molecule has 0 radical (unpaired) electrons. The SMILES string of the molecule is NC(=NCCCC(=O)NC1CC1)NCCc1ccccn1. The maximum atomic E-state index is 11.5. The highest BCUT2D eigenvalue weighted by Crippen LogP contribution is 2.18. The first-order chi connectivity index (χ1) is 10.2. The van der Waals surface area contributed by atoms with Crippen molar-refractivity contribution in [3.05, 3.63) is 30.1 Å². The van der Waals surface area contributed by atoms with Crippen LogP contribution in [0.3, 0.4) is 0 Å². The number of hydrogen-bond acceptors (Lipinski definition) is 3. The molecule has 4 N–H and O–H groups in total. The van der Waals surface area contributed by atoms with E-state index in [-0.39, 0.29) is 5.91 Å². The van der Waals surface area contributed by atoms with Crippen LogP contribution in [0, 0.1) is 0 Å². The molecule has 0 spiro atoms. The first kappa shape index (κ1) is 15.3. The van der Waals surface area contributed by atoms with E-state index in [0.29, 0.717) is 31.5 Å². The maximum absolute atomic E-state index is 11.5. The van der Waals surface area contributed by atoms with Crippen molar-refractivity contribution in [2.75, 3.05) is 13.1 Å². The van der Waals surface area contributed by atoms with Crippen molar-refractivity contribution in [2.45, 2.75) is 38.1 Å². The maximum Gasteiger partial charge on any atom is 0.220 e. The van der Waals surface area contributed by atoms with Crippen molar-refractivity contribution >= 4 is 11.9 Å². The molecular weight excluding hydrogens is 266 g/mol. The summed E-state index contributed by atoms with van der Waals surface area (Å²) in [7, 11) is 0. The summed E-state index contributed by atoms with van der Waals surface area (Å²) in [6.45, 7) is 1.27. The van der Waals surface area contributed by atoms with Crippen molar-refractivity contribution in [3.63, 3.8) is 0 Å². The van der Waals surface area contributed by atoms with Gasteiger partial charge in [0.25, 0.3) is 0 Å². The van der Waals surface area contributed by atoms with Gasteiger partial charge in [0.2, 0.25) is 5.91 Å². The summed E-state index contributed by atoms with van der Waals surface area (Å²) in [5.41, 5.74) is 6.79. The second-order valence-corrected chi connectivity index (χ2v) is 5.21. The molecule has 1 fully saturated rings. The molecule has 2 rings (SSSR count). The van der Waals surface area contributed by atoms with Crippen molar-refractivity contribution in [3.8, 4) is 0 Å². The minimum absolute atomic E-state index is 0.120. The van der Waals surface area contributed by atoms with Gasteiger partial charge in [0, 0.05) is 43.9 Å². The number of nitrogens with two attached hydrogens (primary N) is 1. The van der Waals surface area contributed by atoms with Gasteiger partial charge in [-0.2, -0.15) is 0 Å². The van der Waals surface area contributed by atoms with E-state index in [0.717, 1.165) is 31.4 Å². The van der Waals surface area contributed by atoms with Crippen LogP contribution in [0.4, 0.5) is 0 Å². The molecular formula is C15H23N5O. The summed E-state index contributed by atoms with van der Waals surface area (Å²) >= 11 is 0. The van der Waals surface area contributed by atoms with Crippen LogP contribution in [-0.4, -0.2) is 36.0 Å². The first-order valence-electron chi connectivity index (χ1n) is 7.47. The molecule has 21 heavy (non-hydrogen) atoms. The Morgan fingerprint density at radius 1 is 1.43 bits per heavy atom. The second kappa shape index (κ2) is 8.24. The third-order valence-electron chi connectivity index (χ3n) is 3.20. The topological polar surface area (TPSA) is 92.4 Å². The molecule has 1 amide bonds. The molecule has 1 aliphatic rings. The van der Waals surface area contributed by atoms with Crippen molar-refractivity contribution in [1.82, 2.24) is 15.6 Å². The Hall–Kier alpha value is -2.11. The van der Waals surface area contributed by atoms with E-state index < -0.39 is 0 Å². The first-order valence-corrected chi connectivity index (χ1v) is 7.47. The number of guanidine groups is 1. The van der Waals surface area contributed by atoms with Gasteiger partial charge in [0.05, 0.1) is 0 Å². The molecule has 1 aromatic heterocycles. The zero-order chi connectivity index (χ0) is 14.9. The fraction of sp³-hybridized carbons (Fsp3) is 0.533. The molecule has 114 valence electrons. The number of amides is 1. The van der Waals surface area contributed by atoms with E-state index in [2.05, 4.69) is 20.6 Å². The fourth-order valence-corrected chi connectivity index (χ4v) is 1.89. The second-order valence-electron chi connectivity index (χ2n) is 5.21. The van der Waals surface area contributed by atoms with Crippen LogP contribution in [0.15, 0.2) is 29.4 Å². The number of carbonyl (C=O) groups is 1. The van der Waals surface area contributed by atoms with E-state index in [4.69, 9.17) is 5.73 Å². The molecule has 0 aromatic carbocycles. The fourth-order valence-electron chi connectivity index (χ4n) is 1.89. The molecule has 0 unspecified atom stereocenters. The Kier molecular flexibility index (Phi) is 5.99. The minimum Gasteiger partial charge on any atom is -0.370 e. The number of rotatable bonds is 8. The van der Waals surface area contributed by atoms with Crippen LogP contribution >= 0.6 is 0 Å². The molecule has 1 aliphatic carbocycles. The van der Waals surface area contributed by atoms with E-state index >= 15 is 0 Å². The van der Waals surface area contributed by atoms with Crippen LogP contribution in [-0.2, 0) is 11.2 Å². The summed E-state index contributed by atoms with van der Waals surface area (Å²) in [5.74, 6) is 0.544. The highest BCUT2D eigenvalue weighted by atomic mass is 16.1. The molecule has 6 heteroatoms. The molecule has 0 saturated heterocycles. The minimum atomic E-state index is 0.120. The zero-order valence-electron chi connectivity index (χ0n) is 12.2. The predicted octanol–water partition coefficient (Wildman–Crippen LogP) is 0.587. The Balaban J connectivity index is 1.53. The van der Waals surface area contributed by atoms with Gasteiger partial charge in [-0.15, -0.1) is 0 Å².